The van der Waals surface area contributed by atoms with Crippen LogP contribution in [0.3, 0.4) is 0 Å². The predicted molar refractivity (Wildman–Crippen MR) is 101 cm³/mol. The highest BCUT2D eigenvalue weighted by atomic mass is 16.5. The highest BCUT2D eigenvalue weighted by Crippen LogP contribution is 2.34. The van der Waals surface area contributed by atoms with Crippen LogP contribution in [-0.4, -0.2) is 23.0 Å². The fourth-order valence-electron chi connectivity index (χ4n) is 2.37. The van der Waals surface area contributed by atoms with Crippen LogP contribution < -0.4 is 21.9 Å². The standard InChI is InChI=1S/C13H16N2O3.C6H7N/c1-18-12-6-8(14)2-3-10(12)9-4-5-13(15,17)7-11(9)16;7-6-4-2-1-3-5-6/h2-6,16-17H,7,14-15H2,1H3;1-5H,7H2. The summed E-state index contributed by atoms with van der Waals surface area (Å²) in [5.74, 6) is 0.578. The van der Waals surface area contributed by atoms with Crippen LogP contribution in [0.1, 0.15) is 12.0 Å². The van der Waals surface area contributed by atoms with E-state index in [-0.39, 0.29) is 12.2 Å². The maximum absolute atomic E-state index is 9.95. The number of hydrogen-bond donors (Lipinski definition) is 5. The minimum atomic E-state index is -1.51. The number of allylic oxidation sites excluding steroid dienone is 2. The van der Waals surface area contributed by atoms with Gasteiger partial charge in [0.15, 0.2) is 0 Å². The van der Waals surface area contributed by atoms with E-state index in [2.05, 4.69) is 0 Å². The third-order valence-electron chi connectivity index (χ3n) is 3.62. The fourth-order valence-corrected chi connectivity index (χ4v) is 2.37. The van der Waals surface area contributed by atoms with Gasteiger partial charge in [-0.15, -0.1) is 0 Å². The maximum Gasteiger partial charge on any atom is 0.140 e. The van der Waals surface area contributed by atoms with Gasteiger partial charge in [0.05, 0.1) is 13.5 Å². The molecule has 1 atom stereocenters. The second-order valence-corrected chi connectivity index (χ2v) is 5.73. The molecule has 0 bridgehead atoms. The van der Waals surface area contributed by atoms with Gasteiger partial charge in [0, 0.05) is 28.6 Å². The summed E-state index contributed by atoms with van der Waals surface area (Å²) in [5.41, 5.74) is 17.7. The molecular formula is C19H23N3O3. The minimum Gasteiger partial charge on any atom is -0.511 e. The molecule has 6 nitrogen and oxygen atoms in total. The summed E-state index contributed by atoms with van der Waals surface area (Å²) in [7, 11) is 1.53. The Morgan fingerprint density at radius 1 is 1.04 bits per heavy atom. The average molecular weight is 341 g/mol. The number of aliphatic hydroxyl groups is 2. The van der Waals surface area contributed by atoms with Crippen LogP contribution >= 0.6 is 0 Å². The summed E-state index contributed by atoms with van der Waals surface area (Å²) in [4.78, 5) is 0. The molecule has 0 saturated carbocycles. The van der Waals surface area contributed by atoms with Crippen LogP contribution in [0.25, 0.3) is 5.57 Å². The summed E-state index contributed by atoms with van der Waals surface area (Å²) in [6.07, 6.45) is 2.98. The summed E-state index contributed by atoms with van der Waals surface area (Å²) < 4.78 is 5.23. The van der Waals surface area contributed by atoms with E-state index in [0.717, 1.165) is 5.69 Å². The number of para-hydroxylation sites is 1. The summed E-state index contributed by atoms with van der Waals surface area (Å²) in [6, 6.07) is 14.6. The molecule has 3 rings (SSSR count). The molecule has 0 heterocycles. The van der Waals surface area contributed by atoms with Crippen LogP contribution in [0.4, 0.5) is 11.4 Å². The Labute approximate surface area is 146 Å². The van der Waals surface area contributed by atoms with Crippen LogP contribution in [0.15, 0.2) is 66.4 Å². The molecule has 0 saturated heterocycles. The normalized spacial score (nSPS) is 19.2. The number of benzene rings is 2. The third-order valence-corrected chi connectivity index (χ3v) is 3.62. The van der Waals surface area contributed by atoms with Crippen LogP contribution in [0.5, 0.6) is 5.75 Å². The number of nitrogen functional groups attached to an aromatic ring is 2. The molecule has 2 aromatic carbocycles. The molecule has 0 spiro atoms. The lowest BCUT2D eigenvalue weighted by Gasteiger charge is -2.24. The second-order valence-electron chi connectivity index (χ2n) is 5.73. The van der Waals surface area contributed by atoms with E-state index in [4.69, 9.17) is 21.9 Å². The van der Waals surface area contributed by atoms with Crippen molar-refractivity contribution in [2.24, 2.45) is 5.73 Å². The van der Waals surface area contributed by atoms with Crippen LogP contribution in [-0.2, 0) is 0 Å². The Bertz CT molecular complexity index is 784. The first-order valence-electron chi connectivity index (χ1n) is 7.69. The number of aliphatic hydroxyl groups excluding tert-OH is 1. The smallest absolute Gasteiger partial charge is 0.140 e. The Morgan fingerprint density at radius 2 is 1.72 bits per heavy atom. The lowest BCUT2D eigenvalue weighted by Crippen LogP contribution is -2.39. The molecule has 25 heavy (non-hydrogen) atoms. The number of methoxy groups -OCH3 is 1. The molecule has 0 radical (unpaired) electrons. The van der Waals surface area contributed by atoms with Gasteiger partial charge in [-0.3, -0.25) is 5.73 Å². The monoisotopic (exact) mass is 341 g/mol. The first-order valence-corrected chi connectivity index (χ1v) is 7.69. The zero-order chi connectivity index (χ0) is 18.4. The van der Waals surface area contributed by atoms with Gasteiger partial charge < -0.3 is 26.4 Å². The van der Waals surface area contributed by atoms with E-state index >= 15 is 0 Å². The van der Waals surface area contributed by atoms with Crippen molar-refractivity contribution in [2.45, 2.75) is 12.1 Å². The topological polar surface area (TPSA) is 128 Å². The molecule has 6 heteroatoms. The Kier molecular flexibility index (Phi) is 5.69. The molecule has 0 aliphatic heterocycles. The van der Waals surface area contributed by atoms with Crippen molar-refractivity contribution in [3.63, 3.8) is 0 Å². The number of rotatable bonds is 2. The second kappa shape index (κ2) is 7.74. The molecule has 1 aliphatic carbocycles. The van der Waals surface area contributed by atoms with Crippen molar-refractivity contribution in [3.05, 3.63) is 72.0 Å². The molecule has 8 N–H and O–H groups in total. The third kappa shape index (κ3) is 5.00. The number of anilines is 2. The predicted octanol–water partition coefficient (Wildman–Crippen LogP) is 2.42. The number of hydrogen-bond acceptors (Lipinski definition) is 6. The average Bonchev–Trinajstić information content (AvgIpc) is 2.56. The summed E-state index contributed by atoms with van der Waals surface area (Å²) in [6.45, 7) is 0. The number of ether oxygens (including phenoxy) is 1. The quantitative estimate of drug-likeness (QED) is 0.421. The Balaban J connectivity index is 0.000000269. The molecule has 1 aliphatic rings. The van der Waals surface area contributed by atoms with Gasteiger partial charge in [0.1, 0.15) is 17.2 Å². The first kappa shape index (κ1) is 18.4. The molecule has 2 aromatic rings. The SMILES string of the molecule is COc1cc(N)ccc1C1=C(O)CC(N)(O)C=C1.Nc1ccccc1. The fraction of sp³-hybridized carbons (Fsp3) is 0.158. The van der Waals surface area contributed by atoms with E-state index in [9.17, 15) is 10.2 Å². The van der Waals surface area contributed by atoms with Gasteiger partial charge in [0.25, 0.3) is 0 Å². The van der Waals surface area contributed by atoms with Crippen LogP contribution in [0.2, 0.25) is 0 Å². The maximum atomic E-state index is 9.95. The van der Waals surface area contributed by atoms with Gasteiger partial charge in [-0.1, -0.05) is 24.3 Å². The van der Waals surface area contributed by atoms with Crippen molar-refractivity contribution in [1.82, 2.24) is 0 Å². The minimum absolute atomic E-state index is 0.0190. The molecular weight excluding hydrogens is 318 g/mol. The first-order chi connectivity index (χ1) is 11.8. The molecule has 132 valence electrons. The van der Waals surface area contributed by atoms with Crippen molar-refractivity contribution >= 4 is 16.9 Å². The van der Waals surface area contributed by atoms with Crippen molar-refractivity contribution in [2.75, 3.05) is 18.6 Å². The Morgan fingerprint density at radius 3 is 2.24 bits per heavy atom. The van der Waals surface area contributed by atoms with Gasteiger partial charge in [-0.05, 0) is 30.3 Å². The van der Waals surface area contributed by atoms with Gasteiger partial charge in [-0.2, -0.15) is 0 Å². The lowest BCUT2D eigenvalue weighted by molar-refractivity contribution is 0.0849. The van der Waals surface area contributed by atoms with E-state index in [1.165, 1.54) is 13.2 Å². The van der Waals surface area contributed by atoms with E-state index in [0.29, 0.717) is 22.6 Å². The zero-order valence-corrected chi connectivity index (χ0v) is 14.0. The molecule has 0 aromatic heterocycles. The van der Waals surface area contributed by atoms with E-state index in [1.807, 2.05) is 30.3 Å². The molecule has 1 unspecified atom stereocenters. The summed E-state index contributed by atoms with van der Waals surface area (Å²) in [5, 5.41) is 19.6. The summed E-state index contributed by atoms with van der Waals surface area (Å²) >= 11 is 0. The van der Waals surface area contributed by atoms with E-state index in [1.54, 1.807) is 24.3 Å². The van der Waals surface area contributed by atoms with Gasteiger partial charge in [-0.25, -0.2) is 0 Å². The molecule has 0 amide bonds. The van der Waals surface area contributed by atoms with Crippen molar-refractivity contribution < 1.29 is 14.9 Å². The largest absolute Gasteiger partial charge is 0.511 e. The zero-order valence-electron chi connectivity index (χ0n) is 14.0. The van der Waals surface area contributed by atoms with Gasteiger partial charge >= 0.3 is 0 Å². The highest BCUT2D eigenvalue weighted by Gasteiger charge is 2.26. The van der Waals surface area contributed by atoms with Crippen molar-refractivity contribution in [3.8, 4) is 5.75 Å². The number of nitrogens with two attached hydrogens (primary N) is 3. The highest BCUT2D eigenvalue weighted by molar-refractivity contribution is 5.81. The Hall–Kier alpha value is -2.96. The van der Waals surface area contributed by atoms with Crippen molar-refractivity contribution in [1.29, 1.82) is 0 Å². The van der Waals surface area contributed by atoms with Gasteiger partial charge in [0.2, 0.25) is 0 Å². The van der Waals surface area contributed by atoms with Crippen LogP contribution in [0, 0.1) is 0 Å². The lowest BCUT2D eigenvalue weighted by atomic mass is 9.93. The molecule has 0 fully saturated rings. The van der Waals surface area contributed by atoms with E-state index < -0.39 is 5.72 Å².